The number of piperazine rings is 1. The van der Waals surface area contributed by atoms with E-state index in [1.54, 1.807) is 23.2 Å². The van der Waals surface area contributed by atoms with E-state index in [0.717, 1.165) is 6.42 Å². The number of rotatable bonds is 3. The summed E-state index contributed by atoms with van der Waals surface area (Å²) in [5, 5.41) is 0. The molecular weight excluding hydrogens is 314 g/mol. The van der Waals surface area contributed by atoms with Crippen molar-refractivity contribution in [2.75, 3.05) is 26.2 Å². The van der Waals surface area contributed by atoms with Crippen LogP contribution in [0.5, 0.6) is 0 Å². The first-order valence-electron chi connectivity index (χ1n) is 8.78. The molecule has 2 heterocycles. The van der Waals surface area contributed by atoms with Gasteiger partial charge in [-0.1, -0.05) is 36.4 Å². The van der Waals surface area contributed by atoms with Crippen molar-refractivity contribution < 1.29 is 9.59 Å². The molecule has 1 aliphatic heterocycles. The molecule has 1 saturated carbocycles. The fourth-order valence-electron chi connectivity index (χ4n) is 3.55. The monoisotopic (exact) mass is 335 g/mol. The van der Waals surface area contributed by atoms with Crippen LogP contribution in [0.25, 0.3) is 0 Å². The van der Waals surface area contributed by atoms with Crippen LogP contribution in [0.4, 0.5) is 0 Å². The Hall–Kier alpha value is -2.69. The standard InChI is InChI=1S/C20H21N3O2/c24-19(17-14-16(17)15-6-2-1-3-7-15)22-10-12-23(13-11-22)20(25)18-8-4-5-9-21-18/h1-9,16-17H,10-14H2. The highest BCUT2D eigenvalue weighted by Crippen LogP contribution is 2.48. The predicted octanol–water partition coefficient (Wildman–Crippen LogP) is 2.17. The number of pyridine rings is 1. The average Bonchev–Trinajstić information content (AvgIpc) is 3.49. The number of amides is 2. The highest BCUT2D eigenvalue weighted by atomic mass is 16.2. The van der Waals surface area contributed by atoms with Crippen LogP contribution in [0.1, 0.15) is 28.4 Å². The summed E-state index contributed by atoms with van der Waals surface area (Å²) in [7, 11) is 0. The zero-order valence-electron chi connectivity index (χ0n) is 14.0. The summed E-state index contributed by atoms with van der Waals surface area (Å²) >= 11 is 0. The molecule has 0 N–H and O–H groups in total. The normalized spacial score (nSPS) is 22.6. The molecule has 2 aromatic rings. The number of carbonyl (C=O) groups is 2. The summed E-state index contributed by atoms with van der Waals surface area (Å²) in [4.78, 5) is 32.9. The summed E-state index contributed by atoms with van der Waals surface area (Å²) in [6.45, 7) is 2.36. The third-order valence-electron chi connectivity index (χ3n) is 5.10. The van der Waals surface area contributed by atoms with E-state index in [0.29, 0.717) is 37.8 Å². The van der Waals surface area contributed by atoms with Crippen molar-refractivity contribution in [2.24, 2.45) is 5.92 Å². The number of carbonyl (C=O) groups excluding carboxylic acids is 2. The van der Waals surface area contributed by atoms with Gasteiger partial charge in [-0.05, 0) is 30.0 Å². The molecule has 0 radical (unpaired) electrons. The van der Waals surface area contributed by atoms with Crippen molar-refractivity contribution >= 4 is 11.8 Å². The van der Waals surface area contributed by atoms with E-state index in [-0.39, 0.29) is 17.7 Å². The van der Waals surface area contributed by atoms with Crippen molar-refractivity contribution in [3.8, 4) is 0 Å². The maximum Gasteiger partial charge on any atom is 0.272 e. The molecule has 2 fully saturated rings. The molecular formula is C20H21N3O2. The summed E-state index contributed by atoms with van der Waals surface area (Å²) in [6.07, 6.45) is 2.57. The smallest absolute Gasteiger partial charge is 0.272 e. The van der Waals surface area contributed by atoms with Gasteiger partial charge in [0.15, 0.2) is 0 Å². The topological polar surface area (TPSA) is 53.5 Å². The molecule has 0 bridgehead atoms. The minimum absolute atomic E-state index is 0.0544. The minimum Gasteiger partial charge on any atom is -0.339 e. The molecule has 1 aromatic heterocycles. The first kappa shape index (κ1) is 15.8. The molecule has 2 amide bonds. The molecule has 1 aromatic carbocycles. The largest absolute Gasteiger partial charge is 0.339 e. The maximum absolute atomic E-state index is 12.7. The molecule has 2 aliphatic rings. The lowest BCUT2D eigenvalue weighted by molar-refractivity contribution is -0.134. The molecule has 2 unspecified atom stereocenters. The Morgan fingerprint density at radius 3 is 2.24 bits per heavy atom. The molecule has 0 spiro atoms. The van der Waals surface area contributed by atoms with Gasteiger partial charge in [0.2, 0.25) is 5.91 Å². The van der Waals surface area contributed by atoms with E-state index in [9.17, 15) is 9.59 Å². The van der Waals surface area contributed by atoms with Crippen molar-refractivity contribution in [3.05, 3.63) is 66.0 Å². The molecule has 4 rings (SSSR count). The van der Waals surface area contributed by atoms with E-state index in [1.807, 2.05) is 29.2 Å². The van der Waals surface area contributed by atoms with Crippen LogP contribution in [0, 0.1) is 5.92 Å². The van der Waals surface area contributed by atoms with E-state index >= 15 is 0 Å². The lowest BCUT2D eigenvalue weighted by atomic mass is 10.1. The Bertz CT molecular complexity index is 755. The highest BCUT2D eigenvalue weighted by molar-refractivity contribution is 5.92. The highest BCUT2D eigenvalue weighted by Gasteiger charge is 2.46. The SMILES string of the molecule is O=C(c1ccccn1)N1CCN(C(=O)C2CC2c2ccccc2)CC1. The number of hydrogen-bond donors (Lipinski definition) is 0. The summed E-state index contributed by atoms with van der Waals surface area (Å²) in [5.41, 5.74) is 1.72. The number of nitrogens with zero attached hydrogens (tertiary/aromatic N) is 3. The van der Waals surface area contributed by atoms with Crippen LogP contribution >= 0.6 is 0 Å². The summed E-state index contributed by atoms with van der Waals surface area (Å²) < 4.78 is 0. The van der Waals surface area contributed by atoms with Crippen LogP contribution in [0.3, 0.4) is 0 Å². The van der Waals surface area contributed by atoms with Crippen molar-refractivity contribution in [1.82, 2.24) is 14.8 Å². The Kier molecular flexibility index (Phi) is 4.22. The third-order valence-corrected chi connectivity index (χ3v) is 5.10. The average molecular weight is 335 g/mol. The van der Waals surface area contributed by atoms with Gasteiger partial charge in [0.05, 0.1) is 0 Å². The Morgan fingerprint density at radius 1 is 0.880 bits per heavy atom. The Balaban J connectivity index is 1.32. The van der Waals surface area contributed by atoms with E-state index in [2.05, 4.69) is 17.1 Å². The van der Waals surface area contributed by atoms with Crippen LogP contribution in [-0.4, -0.2) is 52.8 Å². The van der Waals surface area contributed by atoms with E-state index < -0.39 is 0 Å². The van der Waals surface area contributed by atoms with E-state index in [1.165, 1.54) is 5.56 Å². The molecule has 128 valence electrons. The van der Waals surface area contributed by atoms with Crippen LogP contribution in [0.2, 0.25) is 0 Å². The Labute approximate surface area is 147 Å². The van der Waals surface area contributed by atoms with Gasteiger partial charge < -0.3 is 9.80 Å². The zero-order chi connectivity index (χ0) is 17.2. The fourth-order valence-corrected chi connectivity index (χ4v) is 3.55. The fraction of sp³-hybridized carbons (Fsp3) is 0.350. The predicted molar refractivity (Wildman–Crippen MR) is 94.0 cm³/mol. The zero-order valence-corrected chi connectivity index (χ0v) is 14.0. The van der Waals surface area contributed by atoms with Gasteiger partial charge >= 0.3 is 0 Å². The second-order valence-corrected chi connectivity index (χ2v) is 6.69. The van der Waals surface area contributed by atoms with Crippen molar-refractivity contribution in [1.29, 1.82) is 0 Å². The van der Waals surface area contributed by atoms with Crippen molar-refractivity contribution in [2.45, 2.75) is 12.3 Å². The van der Waals surface area contributed by atoms with Gasteiger partial charge in [-0.25, -0.2) is 0 Å². The van der Waals surface area contributed by atoms with Gasteiger partial charge in [-0.3, -0.25) is 14.6 Å². The lowest BCUT2D eigenvalue weighted by Gasteiger charge is -2.34. The molecule has 25 heavy (non-hydrogen) atoms. The molecule has 1 aliphatic carbocycles. The van der Waals surface area contributed by atoms with Crippen molar-refractivity contribution in [3.63, 3.8) is 0 Å². The van der Waals surface area contributed by atoms with Crippen LogP contribution in [0.15, 0.2) is 54.7 Å². The number of aromatic nitrogens is 1. The third kappa shape index (κ3) is 3.27. The van der Waals surface area contributed by atoms with Gasteiger partial charge in [-0.15, -0.1) is 0 Å². The molecule has 2 atom stereocenters. The molecule has 5 nitrogen and oxygen atoms in total. The van der Waals surface area contributed by atoms with E-state index in [4.69, 9.17) is 0 Å². The van der Waals surface area contributed by atoms with Gasteiger partial charge in [-0.2, -0.15) is 0 Å². The summed E-state index contributed by atoms with van der Waals surface area (Å²) in [6, 6.07) is 15.6. The maximum atomic E-state index is 12.7. The number of benzene rings is 1. The minimum atomic E-state index is -0.0544. The van der Waals surface area contributed by atoms with Gasteiger partial charge in [0, 0.05) is 38.3 Å². The second kappa shape index (κ2) is 6.67. The second-order valence-electron chi connectivity index (χ2n) is 6.69. The summed E-state index contributed by atoms with van der Waals surface area (Å²) in [5.74, 6) is 0.655. The van der Waals surface area contributed by atoms with Gasteiger partial charge in [0.1, 0.15) is 5.69 Å². The first-order valence-corrected chi connectivity index (χ1v) is 8.78. The number of hydrogen-bond acceptors (Lipinski definition) is 3. The quantitative estimate of drug-likeness (QED) is 0.864. The Morgan fingerprint density at radius 2 is 1.56 bits per heavy atom. The lowest BCUT2D eigenvalue weighted by Crippen LogP contribution is -2.51. The first-order chi connectivity index (χ1) is 12.2. The van der Waals surface area contributed by atoms with Gasteiger partial charge in [0.25, 0.3) is 5.91 Å². The van der Waals surface area contributed by atoms with Crippen LogP contribution in [-0.2, 0) is 4.79 Å². The molecule has 1 saturated heterocycles. The molecule has 5 heteroatoms. The van der Waals surface area contributed by atoms with Crippen LogP contribution < -0.4 is 0 Å².